The Balaban J connectivity index is 1.67. The first-order valence-electron chi connectivity index (χ1n) is 8.46. The predicted molar refractivity (Wildman–Crippen MR) is 110 cm³/mol. The molecule has 3 heterocycles. The number of carboxylic acid groups (broad SMARTS) is 1. The van der Waals surface area contributed by atoms with Gasteiger partial charge in [-0.15, -0.1) is 11.3 Å². The second-order valence-electron chi connectivity index (χ2n) is 6.13. The highest BCUT2D eigenvalue weighted by atomic mass is 35.5. The van der Waals surface area contributed by atoms with E-state index in [1.54, 1.807) is 29.0 Å². The summed E-state index contributed by atoms with van der Waals surface area (Å²) in [5.74, 6) is -0.770. The number of anilines is 2. The number of amides is 1. The maximum Gasteiger partial charge on any atom is 0.352 e. The van der Waals surface area contributed by atoms with Gasteiger partial charge < -0.3 is 20.5 Å². The van der Waals surface area contributed by atoms with E-state index in [-0.39, 0.29) is 11.3 Å². The van der Waals surface area contributed by atoms with Crippen molar-refractivity contribution in [2.45, 2.75) is 6.04 Å². The monoisotopic (exact) mass is 430 g/mol. The van der Waals surface area contributed by atoms with Crippen LogP contribution in [0.2, 0.25) is 5.02 Å². The van der Waals surface area contributed by atoms with Crippen LogP contribution in [0.1, 0.15) is 21.3 Å². The summed E-state index contributed by atoms with van der Waals surface area (Å²) < 4.78 is 6.70. The van der Waals surface area contributed by atoms with E-state index < -0.39 is 17.9 Å². The van der Waals surface area contributed by atoms with Gasteiger partial charge in [-0.1, -0.05) is 17.7 Å². The summed E-state index contributed by atoms with van der Waals surface area (Å²) in [5.41, 5.74) is 0.670. The van der Waals surface area contributed by atoms with Crippen molar-refractivity contribution in [1.82, 2.24) is 9.78 Å². The number of methoxy groups -OCH3 is 1. The van der Waals surface area contributed by atoms with Crippen LogP contribution in [-0.2, 0) is 4.79 Å². The summed E-state index contributed by atoms with van der Waals surface area (Å²) in [7, 11) is 1.50. The van der Waals surface area contributed by atoms with Crippen LogP contribution in [-0.4, -0.2) is 33.9 Å². The van der Waals surface area contributed by atoms with Crippen LogP contribution in [0.25, 0.3) is 0 Å². The molecule has 1 unspecified atom stereocenters. The number of nitrogens with zero attached hydrogens (tertiary/aromatic N) is 2. The molecule has 0 aliphatic carbocycles. The van der Waals surface area contributed by atoms with Crippen LogP contribution in [0.3, 0.4) is 0 Å². The van der Waals surface area contributed by atoms with Crippen LogP contribution in [0.15, 0.2) is 53.7 Å². The Morgan fingerprint density at radius 3 is 2.86 bits per heavy atom. The SMILES string of the molecule is COc1ccc(NC(=O)c2cnn3c2NC(C(=O)O)=CC3c2cccs2)cc1Cl. The first-order valence-corrected chi connectivity index (χ1v) is 9.71. The van der Waals surface area contributed by atoms with Crippen molar-refractivity contribution >= 4 is 46.3 Å². The second-order valence-corrected chi connectivity index (χ2v) is 7.51. The van der Waals surface area contributed by atoms with Gasteiger partial charge in [-0.25, -0.2) is 9.48 Å². The Morgan fingerprint density at radius 1 is 1.38 bits per heavy atom. The van der Waals surface area contributed by atoms with Gasteiger partial charge in [0, 0.05) is 10.6 Å². The van der Waals surface area contributed by atoms with E-state index in [9.17, 15) is 14.7 Å². The van der Waals surface area contributed by atoms with Crippen molar-refractivity contribution in [2.75, 3.05) is 17.7 Å². The van der Waals surface area contributed by atoms with Gasteiger partial charge in [0.05, 0.1) is 18.3 Å². The molecule has 0 bridgehead atoms. The van der Waals surface area contributed by atoms with Crippen molar-refractivity contribution < 1.29 is 19.4 Å². The Morgan fingerprint density at radius 2 is 2.21 bits per heavy atom. The molecule has 10 heteroatoms. The minimum atomic E-state index is -1.12. The standard InChI is InChI=1S/C19H15ClN4O4S/c1-28-15-5-4-10(7-12(15)20)22-18(25)11-9-21-24-14(16-3-2-6-29-16)8-13(19(26)27)23-17(11)24/h2-9,14,23H,1H3,(H,22,25)(H,26,27). The highest BCUT2D eigenvalue weighted by Gasteiger charge is 2.29. The van der Waals surface area contributed by atoms with E-state index >= 15 is 0 Å². The average Bonchev–Trinajstić information content (AvgIpc) is 3.37. The summed E-state index contributed by atoms with van der Waals surface area (Å²) >= 11 is 7.59. The van der Waals surface area contributed by atoms with Crippen molar-refractivity contribution in [3.63, 3.8) is 0 Å². The van der Waals surface area contributed by atoms with E-state index in [0.717, 1.165) is 4.88 Å². The molecule has 1 aromatic carbocycles. The number of carboxylic acids is 1. The molecule has 1 atom stereocenters. The molecule has 0 saturated carbocycles. The zero-order valence-corrected chi connectivity index (χ0v) is 16.6. The van der Waals surface area contributed by atoms with Crippen molar-refractivity contribution in [1.29, 1.82) is 0 Å². The minimum absolute atomic E-state index is 0.0158. The number of ether oxygens (including phenoxy) is 1. The fourth-order valence-electron chi connectivity index (χ4n) is 2.99. The number of hydrogen-bond acceptors (Lipinski definition) is 6. The molecule has 1 amide bonds. The van der Waals surface area contributed by atoms with Crippen molar-refractivity contribution in [3.8, 4) is 5.75 Å². The van der Waals surface area contributed by atoms with Gasteiger partial charge in [0.1, 0.15) is 28.9 Å². The third-order valence-corrected chi connectivity index (χ3v) is 5.59. The van der Waals surface area contributed by atoms with Crippen LogP contribution in [0.4, 0.5) is 11.5 Å². The number of carbonyl (C=O) groups excluding carboxylic acids is 1. The van der Waals surface area contributed by atoms with Gasteiger partial charge in [-0.2, -0.15) is 5.10 Å². The number of aliphatic carboxylic acids is 1. The van der Waals surface area contributed by atoms with Gasteiger partial charge in [0.2, 0.25) is 0 Å². The van der Waals surface area contributed by atoms with E-state index in [4.69, 9.17) is 16.3 Å². The Bertz CT molecular complexity index is 1120. The molecular formula is C19H15ClN4O4S. The normalized spacial score (nSPS) is 15.1. The molecule has 0 saturated heterocycles. The van der Waals surface area contributed by atoms with Crippen LogP contribution in [0.5, 0.6) is 5.75 Å². The van der Waals surface area contributed by atoms with Crippen LogP contribution in [0, 0.1) is 0 Å². The maximum absolute atomic E-state index is 12.8. The summed E-state index contributed by atoms with van der Waals surface area (Å²) in [6, 6.07) is 8.21. The number of carbonyl (C=O) groups is 2. The van der Waals surface area contributed by atoms with E-state index in [1.807, 2.05) is 17.5 Å². The lowest BCUT2D eigenvalue weighted by atomic mass is 10.1. The topological polar surface area (TPSA) is 105 Å². The third kappa shape index (κ3) is 3.57. The Hall–Kier alpha value is -3.30. The maximum atomic E-state index is 12.8. The van der Waals surface area contributed by atoms with Gasteiger partial charge >= 0.3 is 5.97 Å². The molecule has 8 nitrogen and oxygen atoms in total. The summed E-state index contributed by atoms with van der Waals surface area (Å²) in [6.45, 7) is 0. The number of fused-ring (bicyclic) bond motifs is 1. The molecule has 0 fully saturated rings. The minimum Gasteiger partial charge on any atom is -0.495 e. The van der Waals surface area contributed by atoms with E-state index in [2.05, 4.69) is 15.7 Å². The lowest BCUT2D eigenvalue weighted by Crippen LogP contribution is -2.25. The zero-order chi connectivity index (χ0) is 20.5. The molecule has 4 rings (SSSR count). The summed E-state index contributed by atoms with van der Waals surface area (Å²) in [4.78, 5) is 25.3. The first kappa shape index (κ1) is 19.0. The molecule has 29 heavy (non-hydrogen) atoms. The molecule has 1 aliphatic rings. The molecule has 148 valence electrons. The fraction of sp³-hybridized carbons (Fsp3) is 0.105. The molecule has 1 aliphatic heterocycles. The number of nitrogens with one attached hydrogen (secondary N) is 2. The smallest absolute Gasteiger partial charge is 0.352 e. The molecule has 0 spiro atoms. The number of hydrogen-bond donors (Lipinski definition) is 3. The number of benzene rings is 1. The number of aromatic nitrogens is 2. The summed E-state index contributed by atoms with van der Waals surface area (Å²) in [6.07, 6.45) is 2.97. The molecule has 3 N–H and O–H groups in total. The third-order valence-electron chi connectivity index (χ3n) is 4.36. The number of halogens is 1. The van der Waals surface area contributed by atoms with Gasteiger partial charge in [0.25, 0.3) is 5.91 Å². The Kier molecular flexibility index (Phi) is 4.99. The molecular weight excluding hydrogens is 416 g/mol. The number of thiophene rings is 1. The largest absolute Gasteiger partial charge is 0.495 e. The van der Waals surface area contributed by atoms with Crippen molar-refractivity contribution in [3.05, 3.63) is 69.1 Å². The number of rotatable bonds is 5. The van der Waals surface area contributed by atoms with Crippen LogP contribution >= 0.6 is 22.9 Å². The molecule has 3 aromatic rings. The number of allylic oxidation sites excluding steroid dienone is 1. The highest BCUT2D eigenvalue weighted by molar-refractivity contribution is 7.10. The Labute approximate surface area is 174 Å². The van der Waals surface area contributed by atoms with Crippen molar-refractivity contribution in [2.24, 2.45) is 0 Å². The zero-order valence-electron chi connectivity index (χ0n) is 15.0. The second kappa shape index (κ2) is 7.61. The van der Waals surface area contributed by atoms with E-state index in [1.165, 1.54) is 24.6 Å². The fourth-order valence-corrected chi connectivity index (χ4v) is 4.03. The van der Waals surface area contributed by atoms with Gasteiger partial charge in [0.15, 0.2) is 0 Å². The molecule has 2 aromatic heterocycles. The van der Waals surface area contributed by atoms with Gasteiger partial charge in [-0.05, 0) is 35.7 Å². The summed E-state index contributed by atoms with van der Waals surface area (Å²) in [5, 5.41) is 21.6. The van der Waals surface area contributed by atoms with E-state index in [0.29, 0.717) is 22.3 Å². The lowest BCUT2D eigenvalue weighted by molar-refractivity contribution is -0.132. The molecule has 0 radical (unpaired) electrons. The lowest BCUT2D eigenvalue weighted by Gasteiger charge is -2.23. The average molecular weight is 431 g/mol. The quantitative estimate of drug-likeness (QED) is 0.568. The first-order chi connectivity index (χ1) is 14.0. The van der Waals surface area contributed by atoms with Crippen LogP contribution < -0.4 is 15.4 Å². The highest BCUT2D eigenvalue weighted by Crippen LogP contribution is 2.34. The predicted octanol–water partition coefficient (Wildman–Crippen LogP) is 3.84. The van der Waals surface area contributed by atoms with Gasteiger partial charge in [-0.3, -0.25) is 4.79 Å².